The van der Waals surface area contributed by atoms with Gasteiger partial charge in [0.15, 0.2) is 0 Å². The second kappa shape index (κ2) is 16.8. The molecule has 0 aliphatic carbocycles. The fourth-order valence-corrected chi connectivity index (χ4v) is 8.51. The molecule has 0 spiro atoms. The topological polar surface area (TPSA) is 43.9 Å². The van der Waals surface area contributed by atoms with Crippen LogP contribution in [0.3, 0.4) is 0 Å². The Labute approximate surface area is 361 Å². The molecule has 6 aromatic carbocycles. The van der Waals surface area contributed by atoms with Crippen LogP contribution in [-0.4, -0.2) is 22.6 Å². The SMILES string of the molecule is CC(C)c1cc(-c2ccccc2)cc(C(C)C)c1-n1c(-c2[c-]ccc3c2oc2ccccc23)nc2ccccc21.[2H]C([2H])([2H])c1c[c-]c(-c2ccc([Si](C)(C)C)cn2)cc1.[Ir]. The number of hydrogen-bond donors (Lipinski definition) is 0. The predicted octanol–water partition coefficient (Wildman–Crippen LogP) is 13.7. The number of para-hydroxylation sites is 3. The van der Waals surface area contributed by atoms with Crippen LogP contribution >= 0.6 is 0 Å². The Kier molecular flexibility index (Phi) is 10.7. The smallest absolute Gasteiger partial charge is 0.120 e. The molecule has 0 atom stereocenters. The quantitative estimate of drug-likeness (QED) is 0.118. The molecule has 9 rings (SSSR count). The molecule has 1 radical (unpaired) electrons. The Hall–Kier alpha value is -5.39. The molecule has 0 amide bonds. The zero-order chi connectivity index (χ0) is 42.3. The second-order valence-electron chi connectivity index (χ2n) is 16.3. The van der Waals surface area contributed by atoms with E-state index in [1.807, 2.05) is 30.5 Å². The number of rotatable bonds is 7. The van der Waals surface area contributed by atoms with Crippen LogP contribution in [0.4, 0.5) is 0 Å². The van der Waals surface area contributed by atoms with Gasteiger partial charge in [0.05, 0.1) is 30.5 Å². The summed E-state index contributed by atoms with van der Waals surface area (Å²) in [6, 6.07) is 51.6. The van der Waals surface area contributed by atoms with Crippen LogP contribution in [0.5, 0.6) is 0 Å². The van der Waals surface area contributed by atoms with Gasteiger partial charge in [-0.1, -0.05) is 138 Å². The maximum absolute atomic E-state index is 7.35. The average Bonchev–Trinajstić information content (AvgIpc) is 3.82. The van der Waals surface area contributed by atoms with Crippen molar-refractivity contribution >= 4 is 46.2 Å². The molecule has 0 saturated heterocycles. The van der Waals surface area contributed by atoms with Gasteiger partial charge in [0, 0.05) is 41.5 Å². The van der Waals surface area contributed by atoms with Crippen molar-refractivity contribution in [3.8, 4) is 39.5 Å². The Morgan fingerprint density at radius 1 is 0.724 bits per heavy atom. The third-order valence-electron chi connectivity index (χ3n) is 10.6. The van der Waals surface area contributed by atoms with Gasteiger partial charge in [-0.3, -0.25) is 4.98 Å². The molecule has 0 saturated carbocycles. The molecule has 9 aromatic rings. The second-order valence-corrected chi connectivity index (χ2v) is 21.4. The number of aryl methyl sites for hydroxylation is 1. The summed E-state index contributed by atoms with van der Waals surface area (Å²) in [7, 11) is -1.34. The summed E-state index contributed by atoms with van der Waals surface area (Å²) in [6.07, 6.45) is 1.92. The Morgan fingerprint density at radius 3 is 2.09 bits per heavy atom. The van der Waals surface area contributed by atoms with E-state index in [0.29, 0.717) is 17.4 Å². The summed E-state index contributed by atoms with van der Waals surface area (Å²) >= 11 is 0. The van der Waals surface area contributed by atoms with Crippen LogP contribution in [0.25, 0.3) is 72.4 Å². The first-order chi connectivity index (χ1) is 28.7. The number of benzene rings is 6. The summed E-state index contributed by atoms with van der Waals surface area (Å²) in [5, 5.41) is 3.49. The minimum absolute atomic E-state index is 0. The van der Waals surface area contributed by atoms with Crippen LogP contribution in [0.15, 0.2) is 144 Å². The van der Waals surface area contributed by atoms with Gasteiger partial charge < -0.3 is 14.0 Å². The van der Waals surface area contributed by atoms with Crippen molar-refractivity contribution in [2.75, 3.05) is 0 Å². The van der Waals surface area contributed by atoms with Crippen LogP contribution < -0.4 is 5.19 Å². The number of pyridine rings is 1. The summed E-state index contributed by atoms with van der Waals surface area (Å²) in [6.45, 7) is 13.9. The van der Waals surface area contributed by atoms with Crippen LogP contribution in [0.2, 0.25) is 19.6 Å². The summed E-state index contributed by atoms with van der Waals surface area (Å²) in [5.41, 5.74) is 12.8. The monoisotopic (exact) mass is 955 g/mol. The molecule has 0 fully saturated rings. The number of aromatic nitrogens is 3. The van der Waals surface area contributed by atoms with E-state index in [0.717, 1.165) is 55.6 Å². The van der Waals surface area contributed by atoms with Gasteiger partial charge in [0.1, 0.15) is 5.58 Å². The van der Waals surface area contributed by atoms with Gasteiger partial charge in [-0.2, -0.15) is 0 Å². The zero-order valence-electron chi connectivity index (χ0n) is 37.0. The van der Waals surface area contributed by atoms with Gasteiger partial charge in [0.2, 0.25) is 0 Å². The van der Waals surface area contributed by atoms with Gasteiger partial charge in [-0.15, -0.1) is 53.6 Å². The van der Waals surface area contributed by atoms with Gasteiger partial charge in [-0.25, -0.2) is 0 Å². The summed E-state index contributed by atoms with van der Waals surface area (Å²) in [4.78, 5) is 9.70. The maximum atomic E-state index is 7.35. The first-order valence-electron chi connectivity index (χ1n) is 21.2. The third kappa shape index (κ3) is 8.02. The molecule has 0 unspecified atom stereocenters. The number of nitrogens with zero attached hydrogens (tertiary/aromatic N) is 3. The van der Waals surface area contributed by atoms with Crippen LogP contribution in [-0.2, 0) is 20.1 Å². The fourth-order valence-electron chi connectivity index (χ4n) is 7.47. The molecule has 4 nitrogen and oxygen atoms in total. The standard InChI is InChI=1S/C37H31N2O.C15H18NSi.Ir/c1-23(2)30-21-26(25-13-6-5-7-14-25)22-31(24(3)4)35(30)39-33-19-10-9-18-32(33)38-37(39)29-17-12-16-28-27-15-8-11-20-34(27)40-36(28)29;1-12-5-7-13(8-6-12)15-10-9-14(11-16-15)17(2,3)4;/h5-16,18-24H,1-4H3;5-7,9-11H,1-4H3;/q2*-1;/i;1D3;. The van der Waals surface area contributed by atoms with Crippen LogP contribution in [0, 0.1) is 19.0 Å². The van der Waals surface area contributed by atoms with E-state index in [1.165, 1.54) is 39.2 Å². The van der Waals surface area contributed by atoms with Gasteiger partial charge in [0.25, 0.3) is 0 Å². The summed E-state index contributed by atoms with van der Waals surface area (Å²) in [5.74, 6) is 1.45. The normalized spacial score (nSPS) is 12.6. The van der Waals surface area contributed by atoms with E-state index in [2.05, 4.69) is 160 Å². The Bertz CT molecular complexity index is 2860. The van der Waals surface area contributed by atoms with Crippen LogP contribution in [0.1, 0.15) is 60.3 Å². The third-order valence-corrected chi connectivity index (χ3v) is 12.6. The number of fused-ring (bicyclic) bond motifs is 4. The predicted molar refractivity (Wildman–Crippen MR) is 242 cm³/mol. The Balaban J connectivity index is 0.000000226. The molecule has 6 heteroatoms. The molecule has 58 heavy (non-hydrogen) atoms. The molecule has 0 aliphatic heterocycles. The molecular formula is C52H49IrN3OSi-2. The number of furan rings is 1. The summed E-state index contributed by atoms with van der Waals surface area (Å²) < 4.78 is 30.9. The molecule has 293 valence electrons. The largest absolute Gasteiger partial charge is 0.501 e. The van der Waals surface area contributed by atoms with E-state index in [4.69, 9.17) is 13.5 Å². The number of imidazole rings is 1. The average molecular weight is 955 g/mol. The molecule has 3 aromatic heterocycles. The van der Waals surface area contributed by atoms with E-state index < -0.39 is 14.9 Å². The Morgan fingerprint density at radius 2 is 1.43 bits per heavy atom. The van der Waals surface area contributed by atoms with Crippen molar-refractivity contribution in [1.29, 1.82) is 0 Å². The van der Waals surface area contributed by atoms with Crippen molar-refractivity contribution in [1.82, 2.24) is 14.5 Å². The van der Waals surface area contributed by atoms with Gasteiger partial charge >= 0.3 is 0 Å². The molecule has 0 bridgehead atoms. The maximum Gasteiger partial charge on any atom is 0.120 e. The van der Waals surface area contributed by atoms with E-state index >= 15 is 0 Å². The molecule has 3 heterocycles. The van der Waals surface area contributed by atoms with Gasteiger partial charge in [-0.05, 0) is 75.3 Å². The molecule has 0 aliphatic rings. The minimum Gasteiger partial charge on any atom is -0.501 e. The number of hydrogen-bond acceptors (Lipinski definition) is 3. The first-order valence-corrected chi connectivity index (χ1v) is 23.2. The molecule has 0 N–H and O–H groups in total. The van der Waals surface area contributed by atoms with Crippen molar-refractivity contribution in [2.24, 2.45) is 0 Å². The van der Waals surface area contributed by atoms with Crippen molar-refractivity contribution in [3.05, 3.63) is 168 Å². The van der Waals surface area contributed by atoms with E-state index in [1.54, 1.807) is 12.1 Å². The van der Waals surface area contributed by atoms with E-state index in [-0.39, 0.29) is 20.1 Å². The molecular weight excluding hydrogens is 903 g/mol. The minimum atomic E-state index is -2.08. The van der Waals surface area contributed by atoms with Crippen molar-refractivity contribution in [3.63, 3.8) is 0 Å². The zero-order valence-corrected chi connectivity index (χ0v) is 37.4. The fraction of sp³-hybridized carbons (Fsp3) is 0.192. The van der Waals surface area contributed by atoms with E-state index in [9.17, 15) is 0 Å². The first kappa shape index (κ1) is 36.9. The van der Waals surface area contributed by atoms with Crippen molar-refractivity contribution < 1.29 is 28.6 Å². The van der Waals surface area contributed by atoms with Crippen molar-refractivity contribution in [2.45, 2.75) is 66.0 Å².